The zero-order valence-electron chi connectivity index (χ0n) is 16.5. The molecule has 1 atom stereocenters. The SMILES string of the molecule is CC1(c2ccc(Cl)c(Cl)c2)NC(=O)N(CC(=O)Nc2ccc3c(c2)OCCCO3)C1=O. The normalized spacial score (nSPS) is 20.3. The molecule has 4 amide bonds. The molecule has 2 aromatic rings. The highest BCUT2D eigenvalue weighted by Gasteiger charge is 2.49. The highest BCUT2D eigenvalue weighted by atomic mass is 35.5. The number of anilines is 1. The highest BCUT2D eigenvalue weighted by Crippen LogP contribution is 2.34. The molecule has 0 aromatic heterocycles. The minimum Gasteiger partial charge on any atom is -0.490 e. The van der Waals surface area contributed by atoms with Crippen LogP contribution < -0.4 is 20.1 Å². The molecule has 1 unspecified atom stereocenters. The molecule has 162 valence electrons. The summed E-state index contributed by atoms with van der Waals surface area (Å²) in [6.45, 7) is 2.17. The van der Waals surface area contributed by atoms with Gasteiger partial charge in [-0.2, -0.15) is 0 Å². The monoisotopic (exact) mass is 463 g/mol. The summed E-state index contributed by atoms with van der Waals surface area (Å²) in [7, 11) is 0. The molecular formula is C21H19Cl2N3O5. The van der Waals surface area contributed by atoms with Crippen molar-refractivity contribution in [2.75, 3.05) is 25.1 Å². The van der Waals surface area contributed by atoms with E-state index in [1.54, 1.807) is 37.3 Å². The van der Waals surface area contributed by atoms with E-state index in [0.717, 1.165) is 11.3 Å². The first-order valence-corrected chi connectivity index (χ1v) is 10.3. The van der Waals surface area contributed by atoms with Crippen molar-refractivity contribution in [3.8, 4) is 11.5 Å². The van der Waals surface area contributed by atoms with E-state index in [9.17, 15) is 14.4 Å². The Bertz CT molecular complexity index is 1080. The number of nitrogens with one attached hydrogen (secondary N) is 2. The minimum absolute atomic E-state index is 0.257. The van der Waals surface area contributed by atoms with Gasteiger partial charge >= 0.3 is 6.03 Å². The molecule has 8 nitrogen and oxygen atoms in total. The average Bonchev–Trinajstić information content (AvgIpc) is 2.90. The molecule has 0 aliphatic carbocycles. The number of carbonyl (C=O) groups is 3. The highest BCUT2D eigenvalue weighted by molar-refractivity contribution is 6.42. The van der Waals surface area contributed by atoms with Crippen molar-refractivity contribution in [3.05, 3.63) is 52.0 Å². The number of hydrogen-bond donors (Lipinski definition) is 2. The van der Waals surface area contributed by atoms with Gasteiger partial charge in [0.15, 0.2) is 11.5 Å². The number of ether oxygens (including phenoxy) is 2. The van der Waals surface area contributed by atoms with Gasteiger partial charge in [-0.1, -0.05) is 29.3 Å². The van der Waals surface area contributed by atoms with E-state index in [2.05, 4.69) is 10.6 Å². The van der Waals surface area contributed by atoms with Crippen molar-refractivity contribution in [3.63, 3.8) is 0 Å². The minimum atomic E-state index is -1.36. The largest absolute Gasteiger partial charge is 0.490 e. The first-order valence-electron chi connectivity index (χ1n) is 9.57. The van der Waals surface area contributed by atoms with Crippen LogP contribution in [-0.2, 0) is 15.1 Å². The molecule has 2 heterocycles. The molecular weight excluding hydrogens is 445 g/mol. The summed E-state index contributed by atoms with van der Waals surface area (Å²) in [5.41, 5.74) is -0.430. The maximum Gasteiger partial charge on any atom is 0.325 e. The Balaban J connectivity index is 1.47. The molecule has 2 aliphatic rings. The van der Waals surface area contributed by atoms with E-state index in [-0.39, 0.29) is 5.02 Å². The first kappa shape index (κ1) is 21.3. The number of hydrogen-bond acceptors (Lipinski definition) is 5. The molecule has 0 bridgehead atoms. The Kier molecular flexibility index (Phi) is 5.68. The van der Waals surface area contributed by atoms with Crippen molar-refractivity contribution in [1.29, 1.82) is 0 Å². The van der Waals surface area contributed by atoms with Crippen molar-refractivity contribution < 1.29 is 23.9 Å². The lowest BCUT2D eigenvalue weighted by molar-refractivity contribution is -0.133. The van der Waals surface area contributed by atoms with Crippen molar-refractivity contribution in [2.24, 2.45) is 0 Å². The van der Waals surface area contributed by atoms with Gasteiger partial charge in [-0.25, -0.2) is 4.79 Å². The standard InChI is InChI=1S/C21H19Cl2N3O5/c1-21(12-3-5-14(22)15(23)9-12)19(28)26(20(29)25-21)11-18(27)24-13-4-6-16-17(10-13)31-8-2-7-30-16/h3-6,9-10H,2,7-8,11H2,1H3,(H,24,27)(H,25,29). The van der Waals surface area contributed by atoms with E-state index in [0.29, 0.717) is 41.0 Å². The summed E-state index contributed by atoms with van der Waals surface area (Å²) in [6, 6.07) is 9.00. The topological polar surface area (TPSA) is 97.0 Å². The van der Waals surface area contributed by atoms with Gasteiger partial charge in [-0.3, -0.25) is 14.5 Å². The maximum atomic E-state index is 13.0. The smallest absolute Gasteiger partial charge is 0.325 e. The molecule has 2 aliphatic heterocycles. The number of benzene rings is 2. The predicted octanol–water partition coefficient (Wildman–Crippen LogP) is 3.56. The van der Waals surface area contributed by atoms with E-state index in [1.807, 2.05) is 0 Å². The second kappa shape index (κ2) is 8.28. The van der Waals surface area contributed by atoms with Gasteiger partial charge in [0, 0.05) is 18.2 Å². The summed E-state index contributed by atoms with van der Waals surface area (Å²) < 4.78 is 11.2. The third-order valence-corrected chi connectivity index (χ3v) is 5.84. The van der Waals surface area contributed by atoms with E-state index >= 15 is 0 Å². The Labute approximate surface area is 188 Å². The number of fused-ring (bicyclic) bond motifs is 1. The van der Waals surface area contributed by atoms with Crippen LogP contribution in [0.4, 0.5) is 10.5 Å². The fraction of sp³-hybridized carbons (Fsp3) is 0.286. The molecule has 31 heavy (non-hydrogen) atoms. The second-order valence-electron chi connectivity index (χ2n) is 7.34. The molecule has 2 N–H and O–H groups in total. The van der Waals surface area contributed by atoms with Crippen LogP contribution in [0.5, 0.6) is 11.5 Å². The summed E-state index contributed by atoms with van der Waals surface area (Å²) in [5, 5.41) is 5.89. The predicted molar refractivity (Wildman–Crippen MR) is 115 cm³/mol. The summed E-state index contributed by atoms with van der Waals surface area (Å²) in [4.78, 5) is 38.9. The van der Waals surface area contributed by atoms with Crippen LogP contribution in [0.2, 0.25) is 10.0 Å². The van der Waals surface area contributed by atoms with Crippen LogP contribution in [0.3, 0.4) is 0 Å². The van der Waals surface area contributed by atoms with E-state index in [4.69, 9.17) is 32.7 Å². The Hall–Kier alpha value is -2.97. The lowest BCUT2D eigenvalue weighted by Gasteiger charge is -2.22. The van der Waals surface area contributed by atoms with Gasteiger partial charge in [0.25, 0.3) is 5.91 Å². The Morgan fingerprint density at radius 2 is 1.84 bits per heavy atom. The lowest BCUT2D eigenvalue weighted by atomic mass is 9.92. The molecule has 0 radical (unpaired) electrons. The van der Waals surface area contributed by atoms with Crippen molar-refractivity contribution in [2.45, 2.75) is 18.9 Å². The third kappa shape index (κ3) is 4.13. The maximum absolute atomic E-state index is 13.0. The van der Waals surface area contributed by atoms with Gasteiger partial charge in [0.1, 0.15) is 12.1 Å². The number of rotatable bonds is 4. The van der Waals surface area contributed by atoms with Crippen LogP contribution in [0, 0.1) is 0 Å². The van der Waals surface area contributed by atoms with Crippen molar-refractivity contribution >= 4 is 46.7 Å². The van der Waals surface area contributed by atoms with Gasteiger partial charge in [0.2, 0.25) is 5.91 Å². The van der Waals surface area contributed by atoms with Gasteiger partial charge in [0.05, 0.1) is 23.3 Å². The molecule has 0 spiro atoms. The third-order valence-electron chi connectivity index (χ3n) is 5.10. The fourth-order valence-corrected chi connectivity index (χ4v) is 3.73. The summed E-state index contributed by atoms with van der Waals surface area (Å²) >= 11 is 12.0. The fourth-order valence-electron chi connectivity index (χ4n) is 3.43. The van der Waals surface area contributed by atoms with Crippen molar-refractivity contribution in [1.82, 2.24) is 10.2 Å². The number of carbonyl (C=O) groups excluding carboxylic acids is 3. The number of halogens is 2. The molecule has 0 saturated carbocycles. The Morgan fingerprint density at radius 1 is 1.10 bits per heavy atom. The molecule has 1 saturated heterocycles. The molecule has 2 aromatic carbocycles. The van der Waals surface area contributed by atoms with Crippen LogP contribution in [0.1, 0.15) is 18.9 Å². The average molecular weight is 464 g/mol. The van der Waals surface area contributed by atoms with Crippen LogP contribution in [0.25, 0.3) is 0 Å². The Morgan fingerprint density at radius 3 is 2.58 bits per heavy atom. The first-order chi connectivity index (χ1) is 14.8. The zero-order chi connectivity index (χ0) is 22.2. The van der Waals surface area contributed by atoms with Gasteiger partial charge in [-0.05, 0) is 36.8 Å². The molecule has 1 fully saturated rings. The summed E-state index contributed by atoms with van der Waals surface area (Å²) in [6.07, 6.45) is 0.764. The second-order valence-corrected chi connectivity index (χ2v) is 8.15. The van der Waals surface area contributed by atoms with Crippen LogP contribution in [0.15, 0.2) is 36.4 Å². The van der Waals surface area contributed by atoms with E-state index in [1.165, 1.54) is 6.07 Å². The van der Waals surface area contributed by atoms with Crippen LogP contribution >= 0.6 is 23.2 Å². The zero-order valence-corrected chi connectivity index (χ0v) is 18.0. The van der Waals surface area contributed by atoms with Crippen LogP contribution in [-0.4, -0.2) is 42.5 Å². The molecule has 4 rings (SSSR count). The number of imide groups is 1. The molecule has 10 heteroatoms. The van der Waals surface area contributed by atoms with Gasteiger partial charge in [-0.15, -0.1) is 0 Å². The number of nitrogens with zero attached hydrogens (tertiary/aromatic N) is 1. The lowest BCUT2D eigenvalue weighted by Crippen LogP contribution is -2.42. The van der Waals surface area contributed by atoms with E-state index < -0.39 is 29.9 Å². The quantitative estimate of drug-likeness (QED) is 0.675. The number of amides is 4. The summed E-state index contributed by atoms with van der Waals surface area (Å²) in [5.74, 6) is 0.0283. The van der Waals surface area contributed by atoms with Gasteiger partial charge < -0.3 is 20.1 Å². The number of urea groups is 1.